The van der Waals surface area contributed by atoms with Crippen molar-refractivity contribution in [1.29, 1.82) is 0 Å². The molecule has 1 fully saturated rings. The standard InChI is InChI=1S/C22H26N4O3S2/c1-14-6-7-16(12-15(14)2)31(27,28)25-21-20-17-4-3-5-18(17)30-22(20)24-19(23-21)13-26-8-10-29-11-9-26/h6-7,12H,3-5,8-11,13H2,1-2H3,(H,23,24,25)/p+1. The molecule has 0 bridgehead atoms. The monoisotopic (exact) mass is 459 g/mol. The molecule has 1 saturated heterocycles. The van der Waals surface area contributed by atoms with Crippen molar-refractivity contribution >= 4 is 37.4 Å². The highest BCUT2D eigenvalue weighted by atomic mass is 32.2. The summed E-state index contributed by atoms with van der Waals surface area (Å²) in [6.45, 7) is 7.85. The zero-order chi connectivity index (χ0) is 21.6. The first-order valence-corrected chi connectivity index (χ1v) is 13.0. The Morgan fingerprint density at radius 2 is 1.94 bits per heavy atom. The topological polar surface area (TPSA) is 85.6 Å². The van der Waals surface area contributed by atoms with E-state index in [-0.39, 0.29) is 4.90 Å². The summed E-state index contributed by atoms with van der Waals surface area (Å²) in [5.74, 6) is 1.10. The highest BCUT2D eigenvalue weighted by Crippen LogP contribution is 2.40. The van der Waals surface area contributed by atoms with Gasteiger partial charge in [0.2, 0.25) is 0 Å². The maximum atomic E-state index is 13.2. The van der Waals surface area contributed by atoms with Gasteiger partial charge in [-0.2, -0.15) is 0 Å². The van der Waals surface area contributed by atoms with Gasteiger partial charge >= 0.3 is 0 Å². The van der Waals surface area contributed by atoms with E-state index < -0.39 is 10.0 Å². The number of nitrogens with one attached hydrogen (secondary N) is 2. The molecule has 3 aromatic rings. The number of aromatic nitrogens is 2. The number of aryl methyl sites for hydroxylation is 4. The predicted octanol–water partition coefficient (Wildman–Crippen LogP) is 2.01. The van der Waals surface area contributed by atoms with Gasteiger partial charge in [0.05, 0.1) is 23.5 Å². The summed E-state index contributed by atoms with van der Waals surface area (Å²) in [4.78, 5) is 13.4. The third-order valence-electron chi connectivity index (χ3n) is 6.24. The number of benzene rings is 1. The van der Waals surface area contributed by atoms with E-state index >= 15 is 0 Å². The van der Waals surface area contributed by atoms with Crippen molar-refractivity contribution in [1.82, 2.24) is 9.97 Å². The van der Waals surface area contributed by atoms with Crippen molar-refractivity contribution in [3.05, 3.63) is 45.6 Å². The first-order valence-electron chi connectivity index (χ1n) is 10.7. The molecule has 7 nitrogen and oxygen atoms in total. The molecule has 0 radical (unpaired) electrons. The smallest absolute Gasteiger partial charge is 0.263 e. The molecule has 0 amide bonds. The Morgan fingerprint density at radius 1 is 1.13 bits per heavy atom. The molecule has 5 rings (SSSR count). The van der Waals surface area contributed by atoms with Crippen molar-refractivity contribution in [3.63, 3.8) is 0 Å². The number of sulfonamides is 1. The lowest BCUT2D eigenvalue weighted by Gasteiger charge is -2.23. The van der Waals surface area contributed by atoms with E-state index in [0.29, 0.717) is 18.2 Å². The van der Waals surface area contributed by atoms with Crippen LogP contribution in [0.5, 0.6) is 0 Å². The van der Waals surface area contributed by atoms with Gasteiger partial charge in [0, 0.05) is 4.88 Å². The normalized spacial score (nSPS) is 17.2. The maximum absolute atomic E-state index is 13.2. The van der Waals surface area contributed by atoms with Crippen molar-refractivity contribution < 1.29 is 18.1 Å². The Bertz CT molecular complexity index is 1250. The molecule has 0 atom stereocenters. The summed E-state index contributed by atoms with van der Waals surface area (Å²) in [5, 5.41) is 0.880. The minimum absolute atomic E-state index is 0.259. The minimum Gasteiger partial charge on any atom is -0.370 e. The number of ether oxygens (including phenoxy) is 1. The van der Waals surface area contributed by atoms with Gasteiger partial charge in [0.1, 0.15) is 24.5 Å². The second-order valence-electron chi connectivity index (χ2n) is 8.42. The molecule has 1 aliphatic carbocycles. The number of quaternary nitrogens is 1. The summed E-state index contributed by atoms with van der Waals surface area (Å²) in [5.41, 5.74) is 3.22. The summed E-state index contributed by atoms with van der Waals surface area (Å²) in [7, 11) is -3.75. The Labute approximate surface area is 186 Å². The molecule has 31 heavy (non-hydrogen) atoms. The number of hydrogen-bond acceptors (Lipinski definition) is 6. The molecular formula is C22H27N4O3S2+. The Morgan fingerprint density at radius 3 is 2.71 bits per heavy atom. The van der Waals surface area contributed by atoms with Gasteiger partial charge in [-0.05, 0) is 61.9 Å². The van der Waals surface area contributed by atoms with Crippen LogP contribution in [0.3, 0.4) is 0 Å². The lowest BCUT2D eigenvalue weighted by atomic mass is 10.1. The van der Waals surface area contributed by atoms with Crippen LogP contribution < -0.4 is 9.62 Å². The largest absolute Gasteiger partial charge is 0.370 e. The number of nitrogens with zero attached hydrogens (tertiary/aromatic N) is 2. The summed E-state index contributed by atoms with van der Waals surface area (Å²) < 4.78 is 34.8. The van der Waals surface area contributed by atoms with Gasteiger partial charge in [-0.25, -0.2) is 18.4 Å². The first-order chi connectivity index (χ1) is 14.9. The van der Waals surface area contributed by atoms with E-state index in [9.17, 15) is 8.42 Å². The van der Waals surface area contributed by atoms with E-state index in [4.69, 9.17) is 14.7 Å². The van der Waals surface area contributed by atoms with E-state index in [0.717, 1.165) is 66.9 Å². The van der Waals surface area contributed by atoms with Crippen molar-refractivity contribution in [2.75, 3.05) is 31.0 Å². The molecule has 0 saturated carbocycles. The third-order valence-corrected chi connectivity index (χ3v) is 8.76. The van der Waals surface area contributed by atoms with Crippen molar-refractivity contribution in [2.24, 2.45) is 0 Å². The quantitative estimate of drug-likeness (QED) is 0.610. The molecule has 9 heteroatoms. The second-order valence-corrected chi connectivity index (χ2v) is 11.2. The molecule has 0 spiro atoms. The van der Waals surface area contributed by atoms with Crippen molar-refractivity contribution in [3.8, 4) is 0 Å². The Hall–Kier alpha value is -2.07. The van der Waals surface area contributed by atoms with E-state index in [1.54, 1.807) is 23.5 Å². The SMILES string of the molecule is Cc1ccc(S(=O)(=O)Nc2nc(C[NH+]3CCOCC3)nc3sc4c(c23)CCC4)cc1C. The van der Waals surface area contributed by atoms with E-state index in [2.05, 4.69) is 4.72 Å². The molecule has 3 heterocycles. The fourth-order valence-corrected chi connectivity index (χ4v) is 6.70. The van der Waals surface area contributed by atoms with Crippen LogP contribution in [-0.2, 0) is 34.1 Å². The fourth-order valence-electron chi connectivity index (χ4n) is 4.32. The van der Waals surface area contributed by atoms with E-state index in [1.165, 1.54) is 15.3 Å². The summed E-state index contributed by atoms with van der Waals surface area (Å²) in [6.07, 6.45) is 3.08. The molecule has 2 N–H and O–H groups in total. The van der Waals surface area contributed by atoms with Gasteiger partial charge in [-0.3, -0.25) is 4.72 Å². The molecular weight excluding hydrogens is 432 g/mol. The van der Waals surface area contributed by atoms with Gasteiger partial charge in [0.15, 0.2) is 11.6 Å². The van der Waals surface area contributed by atoms with Crippen LogP contribution in [-0.4, -0.2) is 44.7 Å². The maximum Gasteiger partial charge on any atom is 0.263 e. The van der Waals surface area contributed by atoms with Gasteiger partial charge in [-0.1, -0.05) is 6.07 Å². The highest BCUT2D eigenvalue weighted by Gasteiger charge is 2.26. The number of hydrogen-bond donors (Lipinski definition) is 2. The predicted molar refractivity (Wildman–Crippen MR) is 121 cm³/mol. The minimum atomic E-state index is -3.75. The molecule has 1 aromatic carbocycles. The number of thiophene rings is 1. The van der Waals surface area contributed by atoms with Gasteiger partial charge in [0.25, 0.3) is 10.0 Å². The van der Waals surface area contributed by atoms with E-state index in [1.807, 2.05) is 19.9 Å². The van der Waals surface area contributed by atoms with Crippen molar-refractivity contribution in [2.45, 2.75) is 44.6 Å². The average Bonchev–Trinajstić information content (AvgIpc) is 3.31. The number of anilines is 1. The molecule has 164 valence electrons. The van der Waals surface area contributed by atoms with Crippen LogP contribution in [0.1, 0.15) is 33.8 Å². The van der Waals surface area contributed by atoms with Crippen LogP contribution in [0.4, 0.5) is 5.82 Å². The second kappa shape index (κ2) is 8.12. The zero-order valence-electron chi connectivity index (χ0n) is 17.8. The van der Waals surface area contributed by atoms with Crippen LogP contribution in [0, 0.1) is 13.8 Å². The van der Waals surface area contributed by atoms with Gasteiger partial charge < -0.3 is 9.64 Å². The summed E-state index contributed by atoms with van der Waals surface area (Å²) >= 11 is 1.68. The molecule has 0 unspecified atom stereocenters. The Balaban J connectivity index is 1.56. The third kappa shape index (κ3) is 4.07. The molecule has 2 aromatic heterocycles. The van der Waals surface area contributed by atoms with Crippen LogP contribution in [0.2, 0.25) is 0 Å². The lowest BCUT2D eigenvalue weighted by Crippen LogP contribution is -3.12. The lowest BCUT2D eigenvalue weighted by molar-refractivity contribution is -0.922. The first kappa shape index (κ1) is 20.8. The van der Waals surface area contributed by atoms with Crippen LogP contribution in [0.15, 0.2) is 23.1 Å². The number of rotatable bonds is 5. The molecule has 2 aliphatic rings. The van der Waals surface area contributed by atoms with Crippen LogP contribution in [0.25, 0.3) is 10.2 Å². The highest BCUT2D eigenvalue weighted by molar-refractivity contribution is 7.92. The zero-order valence-corrected chi connectivity index (χ0v) is 19.5. The average molecular weight is 460 g/mol. The summed E-state index contributed by atoms with van der Waals surface area (Å²) in [6, 6.07) is 5.21. The Kier molecular flexibility index (Phi) is 5.45. The molecule has 1 aliphatic heterocycles. The van der Waals surface area contributed by atoms with Gasteiger partial charge in [-0.15, -0.1) is 11.3 Å². The van der Waals surface area contributed by atoms with Crippen LogP contribution >= 0.6 is 11.3 Å². The number of fused-ring (bicyclic) bond motifs is 3. The number of morpholine rings is 1. The fraction of sp³-hybridized carbons (Fsp3) is 0.455.